The Morgan fingerprint density at radius 2 is 2.20 bits per heavy atom. The molecule has 0 heterocycles. The van der Waals surface area contributed by atoms with Gasteiger partial charge in [-0.15, -0.1) is 0 Å². The lowest BCUT2D eigenvalue weighted by Gasteiger charge is -2.01. The number of benzene rings is 1. The van der Waals surface area contributed by atoms with Crippen molar-refractivity contribution in [2.24, 2.45) is 0 Å². The summed E-state index contributed by atoms with van der Waals surface area (Å²) in [6.45, 7) is 1.25. The first-order valence-electron chi connectivity index (χ1n) is 3.86. The molecule has 0 atom stereocenters. The molecule has 0 fully saturated rings. The number of Topliss-reactive ketones (excluding diaryl/α,β-unsaturated/α-hetero) is 1. The summed E-state index contributed by atoms with van der Waals surface area (Å²) in [6, 6.07) is 3.79. The number of nitrogens with zero attached hydrogens (tertiary/aromatic N) is 2. The predicted octanol–water partition coefficient (Wildman–Crippen LogP) is 2.32. The number of nitro groups is 1. The van der Waals surface area contributed by atoms with Crippen LogP contribution in [0, 0.1) is 21.4 Å². The molecule has 0 spiro atoms. The summed E-state index contributed by atoms with van der Waals surface area (Å²) in [5, 5.41) is 19.2. The number of halogens is 1. The lowest BCUT2D eigenvalue weighted by molar-refractivity contribution is -0.385. The summed E-state index contributed by atoms with van der Waals surface area (Å²) in [6.07, 6.45) is 0. The van der Waals surface area contributed by atoms with Gasteiger partial charge in [0, 0.05) is 11.6 Å². The first-order valence-corrected chi connectivity index (χ1v) is 4.24. The topological polar surface area (TPSA) is 84.0 Å². The van der Waals surface area contributed by atoms with Gasteiger partial charge in [-0.2, -0.15) is 5.26 Å². The van der Waals surface area contributed by atoms with Crippen LogP contribution in [0.5, 0.6) is 0 Å². The van der Waals surface area contributed by atoms with Crippen molar-refractivity contribution in [3.63, 3.8) is 0 Å². The second kappa shape index (κ2) is 4.07. The second-order valence-corrected chi connectivity index (χ2v) is 3.18. The predicted molar refractivity (Wildman–Crippen MR) is 52.8 cm³/mol. The van der Waals surface area contributed by atoms with E-state index >= 15 is 0 Å². The minimum Gasteiger partial charge on any atom is -0.294 e. The van der Waals surface area contributed by atoms with Crippen LogP contribution in [0.1, 0.15) is 22.8 Å². The number of hydrogen-bond donors (Lipinski definition) is 0. The number of carbonyl (C=O) groups is 1. The third-order valence-electron chi connectivity index (χ3n) is 1.78. The molecule has 0 aromatic heterocycles. The molecule has 1 aromatic carbocycles. The highest BCUT2D eigenvalue weighted by Gasteiger charge is 2.19. The van der Waals surface area contributed by atoms with Crippen molar-refractivity contribution >= 4 is 23.1 Å². The molecule has 0 aliphatic heterocycles. The highest BCUT2D eigenvalue weighted by Crippen LogP contribution is 2.26. The Kier molecular flexibility index (Phi) is 3.02. The fraction of sp³-hybridized carbons (Fsp3) is 0.111. The van der Waals surface area contributed by atoms with Gasteiger partial charge < -0.3 is 0 Å². The van der Waals surface area contributed by atoms with E-state index in [0.29, 0.717) is 0 Å². The summed E-state index contributed by atoms with van der Waals surface area (Å²) in [5.41, 5.74) is -0.524. The van der Waals surface area contributed by atoms with Gasteiger partial charge in [-0.05, 0) is 13.0 Å². The highest BCUT2D eigenvalue weighted by atomic mass is 35.5. The molecule has 6 heteroatoms. The van der Waals surface area contributed by atoms with Crippen LogP contribution < -0.4 is 0 Å². The van der Waals surface area contributed by atoms with E-state index in [2.05, 4.69) is 0 Å². The summed E-state index contributed by atoms with van der Waals surface area (Å²) in [7, 11) is 0. The Morgan fingerprint density at radius 1 is 1.60 bits per heavy atom. The summed E-state index contributed by atoms with van der Waals surface area (Å²) >= 11 is 5.69. The van der Waals surface area contributed by atoms with Crippen molar-refractivity contribution in [3.8, 4) is 6.07 Å². The van der Waals surface area contributed by atoms with E-state index in [1.807, 2.05) is 0 Å². The molecule has 1 aromatic rings. The Labute approximate surface area is 90.0 Å². The van der Waals surface area contributed by atoms with Gasteiger partial charge in [0.15, 0.2) is 5.78 Å². The quantitative estimate of drug-likeness (QED) is 0.438. The summed E-state index contributed by atoms with van der Waals surface area (Å²) in [4.78, 5) is 20.9. The van der Waals surface area contributed by atoms with Crippen molar-refractivity contribution in [1.82, 2.24) is 0 Å². The van der Waals surface area contributed by atoms with Crippen molar-refractivity contribution in [2.75, 3.05) is 0 Å². The number of hydrogen-bond acceptors (Lipinski definition) is 4. The standard InChI is InChI=1S/C9H5ClN2O3/c1-5(13)7-3-9(12(14)15)6(4-11)2-8(7)10/h2-3H,1H3. The maximum atomic E-state index is 11.1. The van der Waals surface area contributed by atoms with Crippen LogP contribution in [0.3, 0.4) is 0 Å². The zero-order valence-corrected chi connectivity index (χ0v) is 8.41. The fourth-order valence-corrected chi connectivity index (χ4v) is 1.37. The monoisotopic (exact) mass is 224 g/mol. The Morgan fingerprint density at radius 3 is 2.60 bits per heavy atom. The molecular formula is C9H5ClN2O3. The third kappa shape index (κ3) is 2.11. The minimum absolute atomic E-state index is 0.0439. The number of rotatable bonds is 2. The van der Waals surface area contributed by atoms with Gasteiger partial charge in [-0.3, -0.25) is 14.9 Å². The third-order valence-corrected chi connectivity index (χ3v) is 2.09. The Hall–Kier alpha value is -1.93. The van der Waals surface area contributed by atoms with Gasteiger partial charge in [-0.1, -0.05) is 11.6 Å². The number of nitro benzene ring substituents is 1. The van der Waals surface area contributed by atoms with Gasteiger partial charge in [0.2, 0.25) is 0 Å². The normalized spacial score (nSPS) is 9.40. The van der Waals surface area contributed by atoms with Crippen LogP contribution in [-0.2, 0) is 0 Å². The number of nitriles is 1. The highest BCUT2D eigenvalue weighted by molar-refractivity contribution is 6.34. The van der Waals surface area contributed by atoms with Crippen LogP contribution in [0.15, 0.2) is 12.1 Å². The molecule has 0 unspecified atom stereocenters. The zero-order chi connectivity index (χ0) is 11.6. The molecule has 15 heavy (non-hydrogen) atoms. The summed E-state index contributed by atoms with van der Waals surface area (Å²) in [5.74, 6) is -0.382. The van der Waals surface area contributed by atoms with E-state index in [0.717, 1.165) is 12.1 Å². The number of ketones is 1. The molecule has 0 saturated heterocycles. The molecule has 0 saturated carbocycles. The second-order valence-electron chi connectivity index (χ2n) is 2.77. The van der Waals surface area contributed by atoms with E-state index in [4.69, 9.17) is 16.9 Å². The van der Waals surface area contributed by atoms with Crippen LogP contribution in [0.2, 0.25) is 5.02 Å². The fourth-order valence-electron chi connectivity index (χ4n) is 1.07. The SMILES string of the molecule is CC(=O)c1cc([N+](=O)[O-])c(C#N)cc1Cl. The lowest BCUT2D eigenvalue weighted by Crippen LogP contribution is -1.99. The van der Waals surface area contributed by atoms with Crippen LogP contribution in [0.4, 0.5) is 5.69 Å². The van der Waals surface area contributed by atoms with E-state index in [1.54, 1.807) is 6.07 Å². The lowest BCUT2D eigenvalue weighted by atomic mass is 10.1. The van der Waals surface area contributed by atoms with Crippen LogP contribution in [0.25, 0.3) is 0 Å². The zero-order valence-electron chi connectivity index (χ0n) is 7.65. The van der Waals surface area contributed by atoms with Gasteiger partial charge in [0.05, 0.1) is 9.95 Å². The summed E-state index contributed by atoms with van der Waals surface area (Å²) < 4.78 is 0. The van der Waals surface area contributed by atoms with Gasteiger partial charge in [-0.25, -0.2) is 0 Å². The molecule has 5 nitrogen and oxygen atoms in total. The maximum Gasteiger partial charge on any atom is 0.287 e. The molecule has 1 rings (SSSR count). The first kappa shape index (κ1) is 11.1. The van der Waals surface area contributed by atoms with Gasteiger partial charge >= 0.3 is 0 Å². The molecule has 0 aliphatic rings. The minimum atomic E-state index is -0.721. The van der Waals surface area contributed by atoms with E-state index < -0.39 is 10.6 Å². The van der Waals surface area contributed by atoms with Gasteiger partial charge in [0.1, 0.15) is 11.6 Å². The average Bonchev–Trinajstić information content (AvgIpc) is 2.16. The molecule has 0 aliphatic carbocycles. The molecule has 76 valence electrons. The van der Waals surface area contributed by atoms with E-state index in [1.165, 1.54) is 6.92 Å². The molecular weight excluding hydrogens is 220 g/mol. The smallest absolute Gasteiger partial charge is 0.287 e. The van der Waals surface area contributed by atoms with Crippen molar-refractivity contribution in [2.45, 2.75) is 6.92 Å². The molecule has 0 bridgehead atoms. The molecule has 0 N–H and O–H groups in total. The maximum absolute atomic E-state index is 11.1. The van der Waals surface area contributed by atoms with Crippen molar-refractivity contribution in [1.29, 1.82) is 5.26 Å². The Balaban J connectivity index is 3.52. The largest absolute Gasteiger partial charge is 0.294 e. The van der Waals surface area contributed by atoms with E-state index in [-0.39, 0.29) is 21.9 Å². The Bertz CT molecular complexity index is 491. The average molecular weight is 225 g/mol. The van der Waals surface area contributed by atoms with Crippen molar-refractivity contribution in [3.05, 3.63) is 38.4 Å². The van der Waals surface area contributed by atoms with Crippen LogP contribution in [-0.4, -0.2) is 10.7 Å². The number of carbonyl (C=O) groups excluding carboxylic acids is 1. The van der Waals surface area contributed by atoms with E-state index in [9.17, 15) is 14.9 Å². The van der Waals surface area contributed by atoms with Crippen molar-refractivity contribution < 1.29 is 9.72 Å². The first-order chi connectivity index (χ1) is 6.97. The van der Waals surface area contributed by atoms with Gasteiger partial charge in [0.25, 0.3) is 5.69 Å². The van der Waals surface area contributed by atoms with Crippen LogP contribution >= 0.6 is 11.6 Å². The molecule has 0 amide bonds. The molecule has 0 radical (unpaired) electrons.